The molecule has 1 heterocycles. The highest BCUT2D eigenvalue weighted by molar-refractivity contribution is 7.90. The number of aliphatic carboxylic acids is 1. The lowest BCUT2D eigenvalue weighted by Gasteiger charge is -2.13. The van der Waals surface area contributed by atoms with Gasteiger partial charge in [-0.3, -0.25) is 0 Å². The van der Waals surface area contributed by atoms with Crippen LogP contribution in [0.4, 0.5) is 5.69 Å². The Bertz CT molecular complexity index is 581. The molecule has 0 saturated carbocycles. The summed E-state index contributed by atoms with van der Waals surface area (Å²) in [6.07, 6.45) is 1.54. The van der Waals surface area contributed by atoms with E-state index in [0.29, 0.717) is 19.4 Å². The maximum absolute atomic E-state index is 11.3. The number of benzene rings is 1. The highest BCUT2D eigenvalue weighted by atomic mass is 32.2. The Kier molecular flexibility index (Phi) is 4.29. The molecular formula is C13H17NO5S. The molecule has 0 spiro atoms. The molecule has 0 aromatic heterocycles. The van der Waals surface area contributed by atoms with Crippen LogP contribution in [0.5, 0.6) is 0 Å². The molecule has 0 bridgehead atoms. The van der Waals surface area contributed by atoms with Crippen molar-refractivity contribution in [1.82, 2.24) is 0 Å². The van der Waals surface area contributed by atoms with Gasteiger partial charge in [-0.25, -0.2) is 13.2 Å². The third-order valence-corrected chi connectivity index (χ3v) is 4.33. The molecule has 110 valence electrons. The second-order valence-corrected chi connectivity index (χ2v) is 6.86. The van der Waals surface area contributed by atoms with E-state index in [1.807, 2.05) is 0 Å². The van der Waals surface area contributed by atoms with E-state index in [0.717, 1.165) is 11.9 Å². The van der Waals surface area contributed by atoms with Crippen molar-refractivity contribution in [3.8, 4) is 0 Å². The zero-order valence-electron chi connectivity index (χ0n) is 11.1. The molecule has 2 atom stereocenters. The van der Waals surface area contributed by atoms with E-state index < -0.39 is 21.9 Å². The maximum atomic E-state index is 11.3. The highest BCUT2D eigenvalue weighted by Gasteiger charge is 2.30. The van der Waals surface area contributed by atoms with Gasteiger partial charge in [0.15, 0.2) is 15.9 Å². The van der Waals surface area contributed by atoms with Crippen LogP contribution in [0.1, 0.15) is 12.8 Å². The molecule has 1 aromatic rings. The molecule has 20 heavy (non-hydrogen) atoms. The van der Waals surface area contributed by atoms with Crippen LogP contribution < -0.4 is 5.32 Å². The molecule has 1 aromatic carbocycles. The van der Waals surface area contributed by atoms with Crippen molar-refractivity contribution < 1.29 is 23.1 Å². The van der Waals surface area contributed by atoms with Gasteiger partial charge in [-0.2, -0.15) is 0 Å². The largest absolute Gasteiger partial charge is 0.479 e. The second-order valence-electron chi connectivity index (χ2n) is 4.84. The van der Waals surface area contributed by atoms with E-state index in [-0.39, 0.29) is 11.0 Å². The molecular weight excluding hydrogens is 282 g/mol. The molecule has 1 aliphatic rings. The van der Waals surface area contributed by atoms with E-state index in [9.17, 15) is 13.2 Å². The summed E-state index contributed by atoms with van der Waals surface area (Å²) in [7, 11) is -3.18. The summed E-state index contributed by atoms with van der Waals surface area (Å²) in [4.78, 5) is 11.0. The van der Waals surface area contributed by atoms with Crippen LogP contribution in [0, 0.1) is 0 Å². The third kappa shape index (κ3) is 3.71. The number of carboxylic acids is 1. The van der Waals surface area contributed by atoms with Gasteiger partial charge in [-0.15, -0.1) is 0 Å². The lowest BCUT2D eigenvalue weighted by molar-refractivity contribution is -0.149. The third-order valence-electron chi connectivity index (χ3n) is 3.20. The highest BCUT2D eigenvalue weighted by Crippen LogP contribution is 2.21. The molecule has 1 saturated heterocycles. The van der Waals surface area contributed by atoms with Crippen LogP contribution in [-0.4, -0.2) is 44.5 Å². The number of sulfone groups is 1. The average Bonchev–Trinajstić information content (AvgIpc) is 2.85. The van der Waals surface area contributed by atoms with Gasteiger partial charge in [-0.05, 0) is 37.1 Å². The minimum atomic E-state index is -3.18. The summed E-state index contributed by atoms with van der Waals surface area (Å²) < 4.78 is 28.0. The van der Waals surface area contributed by atoms with E-state index in [2.05, 4.69) is 5.32 Å². The molecule has 2 rings (SSSR count). The minimum Gasteiger partial charge on any atom is -0.479 e. The number of nitrogens with one attached hydrogen (secondary N) is 1. The summed E-state index contributed by atoms with van der Waals surface area (Å²) in [5.41, 5.74) is 0.778. The SMILES string of the molecule is CS(=O)(=O)c1ccc(NCC2CCC(C(=O)O)O2)cc1. The lowest BCUT2D eigenvalue weighted by atomic mass is 10.2. The summed E-state index contributed by atoms with van der Waals surface area (Å²) in [6, 6.07) is 6.43. The van der Waals surface area contributed by atoms with Crippen molar-refractivity contribution in [1.29, 1.82) is 0 Å². The van der Waals surface area contributed by atoms with Crippen LogP contribution in [0.2, 0.25) is 0 Å². The van der Waals surface area contributed by atoms with Gasteiger partial charge in [0.05, 0.1) is 11.0 Å². The monoisotopic (exact) mass is 299 g/mol. The molecule has 7 heteroatoms. The predicted octanol–water partition coefficient (Wildman–Crippen LogP) is 1.13. The number of hydrogen-bond acceptors (Lipinski definition) is 5. The van der Waals surface area contributed by atoms with Gasteiger partial charge >= 0.3 is 5.97 Å². The van der Waals surface area contributed by atoms with Gasteiger partial charge in [0.25, 0.3) is 0 Å². The second kappa shape index (κ2) is 5.80. The van der Waals surface area contributed by atoms with Crippen LogP contribution >= 0.6 is 0 Å². The lowest BCUT2D eigenvalue weighted by Crippen LogP contribution is -2.24. The first-order valence-electron chi connectivity index (χ1n) is 6.28. The normalized spacial score (nSPS) is 22.6. The van der Waals surface area contributed by atoms with Gasteiger partial charge in [0, 0.05) is 18.5 Å². The first kappa shape index (κ1) is 14.8. The summed E-state index contributed by atoms with van der Waals surface area (Å²) in [5.74, 6) is -0.926. The van der Waals surface area contributed by atoms with Crippen LogP contribution in [0.25, 0.3) is 0 Å². The van der Waals surface area contributed by atoms with Crippen LogP contribution in [0.3, 0.4) is 0 Å². The predicted molar refractivity (Wildman–Crippen MR) is 73.6 cm³/mol. The number of carboxylic acid groups (broad SMARTS) is 1. The Labute approximate surface area is 117 Å². The number of hydrogen-bond donors (Lipinski definition) is 2. The van der Waals surface area contributed by atoms with Crippen molar-refractivity contribution >= 4 is 21.5 Å². The molecule has 0 radical (unpaired) electrons. The van der Waals surface area contributed by atoms with Crippen LogP contribution in [-0.2, 0) is 19.4 Å². The van der Waals surface area contributed by atoms with Crippen molar-refractivity contribution in [3.05, 3.63) is 24.3 Å². The maximum Gasteiger partial charge on any atom is 0.332 e. The summed E-state index contributed by atoms with van der Waals surface area (Å²) >= 11 is 0. The van der Waals surface area contributed by atoms with Crippen molar-refractivity contribution in [3.63, 3.8) is 0 Å². The van der Waals surface area contributed by atoms with Gasteiger partial charge in [-0.1, -0.05) is 0 Å². The Hall–Kier alpha value is -1.60. The number of rotatable bonds is 5. The Morgan fingerprint density at radius 3 is 2.50 bits per heavy atom. The van der Waals surface area contributed by atoms with Crippen molar-refractivity contribution in [2.75, 3.05) is 18.1 Å². The fourth-order valence-corrected chi connectivity index (χ4v) is 2.72. The van der Waals surface area contributed by atoms with Crippen LogP contribution in [0.15, 0.2) is 29.2 Å². The Balaban J connectivity index is 1.88. The quantitative estimate of drug-likeness (QED) is 0.847. The molecule has 1 aliphatic heterocycles. The summed E-state index contributed by atoms with van der Waals surface area (Å²) in [6.45, 7) is 0.502. The van der Waals surface area contributed by atoms with Gasteiger partial charge < -0.3 is 15.2 Å². The Morgan fingerprint density at radius 2 is 2.00 bits per heavy atom. The van der Waals surface area contributed by atoms with Crippen molar-refractivity contribution in [2.45, 2.75) is 29.9 Å². The van der Waals surface area contributed by atoms with E-state index in [1.54, 1.807) is 12.1 Å². The fourth-order valence-electron chi connectivity index (χ4n) is 2.09. The smallest absolute Gasteiger partial charge is 0.332 e. The van der Waals surface area contributed by atoms with Gasteiger partial charge in [0.1, 0.15) is 0 Å². The Morgan fingerprint density at radius 1 is 1.35 bits per heavy atom. The first-order chi connectivity index (χ1) is 9.36. The van der Waals surface area contributed by atoms with Crippen molar-refractivity contribution in [2.24, 2.45) is 0 Å². The molecule has 0 amide bonds. The van der Waals surface area contributed by atoms with E-state index in [4.69, 9.17) is 9.84 Å². The van der Waals surface area contributed by atoms with E-state index >= 15 is 0 Å². The number of ether oxygens (including phenoxy) is 1. The van der Waals surface area contributed by atoms with Gasteiger partial charge in [0.2, 0.25) is 0 Å². The molecule has 0 aliphatic carbocycles. The molecule has 2 unspecified atom stereocenters. The fraction of sp³-hybridized carbons (Fsp3) is 0.462. The number of carbonyl (C=O) groups is 1. The number of anilines is 1. The minimum absolute atomic E-state index is 0.134. The molecule has 2 N–H and O–H groups in total. The first-order valence-corrected chi connectivity index (χ1v) is 8.17. The molecule has 6 nitrogen and oxygen atoms in total. The summed E-state index contributed by atoms with van der Waals surface area (Å²) in [5, 5.41) is 11.9. The zero-order valence-corrected chi connectivity index (χ0v) is 11.9. The molecule has 1 fully saturated rings. The van der Waals surface area contributed by atoms with E-state index in [1.165, 1.54) is 12.1 Å². The zero-order chi connectivity index (χ0) is 14.8. The topological polar surface area (TPSA) is 92.7 Å². The average molecular weight is 299 g/mol. The standard InChI is InChI=1S/C13H17NO5S/c1-20(17,18)11-5-2-9(3-6-11)14-8-10-4-7-12(19-10)13(15)16/h2-3,5-6,10,12,14H,4,7-8H2,1H3,(H,15,16).